The van der Waals surface area contributed by atoms with Crippen LogP contribution in [0, 0.1) is 5.82 Å². The molecule has 0 aliphatic rings. The van der Waals surface area contributed by atoms with Gasteiger partial charge in [0.1, 0.15) is 41.6 Å². The molecule has 0 atom stereocenters. The lowest BCUT2D eigenvalue weighted by Crippen LogP contribution is -2.41. The van der Waals surface area contributed by atoms with E-state index in [0.717, 1.165) is 17.0 Å². The van der Waals surface area contributed by atoms with Gasteiger partial charge in [0, 0.05) is 6.54 Å². The van der Waals surface area contributed by atoms with Crippen molar-refractivity contribution in [2.45, 2.75) is 32.9 Å². The molecule has 3 rings (SSSR count). The Morgan fingerprint density at radius 2 is 1.94 bits per heavy atom. The summed E-state index contributed by atoms with van der Waals surface area (Å²) in [5, 5.41) is 7.97. The number of pyridine rings is 1. The van der Waals surface area contributed by atoms with Gasteiger partial charge in [-0.3, -0.25) is 4.79 Å². The van der Waals surface area contributed by atoms with Crippen LogP contribution < -0.4 is 9.64 Å². The first-order valence-electron chi connectivity index (χ1n) is 10.7. The highest BCUT2D eigenvalue weighted by Crippen LogP contribution is 2.27. The first-order chi connectivity index (χ1) is 16.6. The Kier molecular flexibility index (Phi) is 7.75. The van der Waals surface area contributed by atoms with Gasteiger partial charge < -0.3 is 14.0 Å². The van der Waals surface area contributed by atoms with Crippen molar-refractivity contribution < 1.29 is 23.5 Å². The highest BCUT2D eigenvalue weighted by atomic mass is 19.1. The summed E-state index contributed by atoms with van der Waals surface area (Å²) in [7, 11) is 0. The molecule has 0 aliphatic carbocycles. The number of halogens is 1. The number of anilines is 1. The van der Waals surface area contributed by atoms with Gasteiger partial charge in [0.05, 0.1) is 5.56 Å². The second kappa shape index (κ2) is 10.7. The highest BCUT2D eigenvalue weighted by Gasteiger charge is 2.33. The number of ether oxygens (including phenoxy) is 2. The minimum atomic E-state index is -0.987. The van der Waals surface area contributed by atoms with E-state index in [1.807, 2.05) is 0 Å². The molecule has 3 aromatic rings. The standard InChI is InChI=1S/C25H26FN5O4/c1-6-13-30-16-27-29-22(30)19-9-8-10-21(28-19)31(24(33)35-25(3,4)5)23(32)18-15-17(26)11-12-20(18)34-14-7-2/h6-12,15-16H,1-2,13-14H2,3-5H3. The number of benzene rings is 1. The van der Waals surface area contributed by atoms with E-state index in [-0.39, 0.29) is 23.7 Å². The van der Waals surface area contributed by atoms with Gasteiger partial charge in [-0.15, -0.1) is 16.8 Å². The Labute approximate surface area is 202 Å². The molecule has 0 spiro atoms. The predicted molar refractivity (Wildman–Crippen MR) is 129 cm³/mol. The molecule has 0 N–H and O–H groups in total. The molecule has 182 valence electrons. The third-order valence-electron chi connectivity index (χ3n) is 4.44. The molecule has 2 heterocycles. The molecule has 9 nitrogen and oxygen atoms in total. The van der Waals surface area contributed by atoms with Crippen molar-refractivity contribution in [3.63, 3.8) is 0 Å². The average molecular weight is 480 g/mol. The van der Waals surface area contributed by atoms with Crippen LogP contribution in [0.3, 0.4) is 0 Å². The van der Waals surface area contributed by atoms with Crippen LogP contribution in [-0.2, 0) is 11.3 Å². The fraction of sp³-hybridized carbons (Fsp3) is 0.240. The molecular formula is C25H26FN5O4. The molecule has 0 bridgehead atoms. The molecule has 2 amide bonds. The molecule has 1 aromatic carbocycles. The summed E-state index contributed by atoms with van der Waals surface area (Å²) in [6.07, 6.45) is 3.67. The quantitative estimate of drug-likeness (QED) is 0.428. The summed E-state index contributed by atoms with van der Waals surface area (Å²) >= 11 is 0. The van der Waals surface area contributed by atoms with Gasteiger partial charge in [0.25, 0.3) is 5.91 Å². The summed E-state index contributed by atoms with van der Waals surface area (Å²) in [4.78, 5) is 32.0. The van der Waals surface area contributed by atoms with Crippen molar-refractivity contribution in [1.82, 2.24) is 19.7 Å². The second-order valence-electron chi connectivity index (χ2n) is 8.34. The van der Waals surface area contributed by atoms with Crippen LogP contribution in [0.4, 0.5) is 15.0 Å². The number of rotatable bonds is 8. The third-order valence-corrected chi connectivity index (χ3v) is 4.44. The Hall–Kier alpha value is -4.34. The zero-order valence-corrected chi connectivity index (χ0v) is 19.8. The predicted octanol–water partition coefficient (Wildman–Crippen LogP) is 4.81. The molecule has 0 fully saturated rings. The van der Waals surface area contributed by atoms with Crippen LogP contribution in [0.15, 0.2) is 68.0 Å². The second-order valence-corrected chi connectivity index (χ2v) is 8.34. The minimum Gasteiger partial charge on any atom is -0.489 e. The van der Waals surface area contributed by atoms with Crippen LogP contribution in [0.25, 0.3) is 11.5 Å². The Bertz CT molecular complexity index is 1250. The summed E-state index contributed by atoms with van der Waals surface area (Å²) < 4.78 is 26.8. The van der Waals surface area contributed by atoms with E-state index in [1.54, 1.807) is 43.5 Å². The summed E-state index contributed by atoms with van der Waals surface area (Å²) in [5.74, 6) is -1.12. The zero-order valence-electron chi connectivity index (χ0n) is 19.8. The normalized spacial score (nSPS) is 11.0. The maximum atomic E-state index is 14.1. The monoisotopic (exact) mass is 479 g/mol. The molecule has 0 aliphatic heterocycles. The Morgan fingerprint density at radius 3 is 2.63 bits per heavy atom. The fourth-order valence-corrected chi connectivity index (χ4v) is 3.05. The van der Waals surface area contributed by atoms with Crippen molar-refractivity contribution in [3.05, 3.63) is 79.4 Å². The van der Waals surface area contributed by atoms with Gasteiger partial charge in [0.2, 0.25) is 0 Å². The number of hydrogen-bond donors (Lipinski definition) is 0. The van der Waals surface area contributed by atoms with E-state index in [2.05, 4.69) is 28.3 Å². The van der Waals surface area contributed by atoms with Gasteiger partial charge in [0.15, 0.2) is 5.82 Å². The number of imide groups is 1. The number of aromatic nitrogens is 4. The third kappa shape index (κ3) is 6.17. The lowest BCUT2D eigenvalue weighted by Gasteiger charge is -2.26. The first kappa shape index (κ1) is 25.3. The molecule has 0 radical (unpaired) electrons. The largest absolute Gasteiger partial charge is 0.489 e. The number of nitrogens with zero attached hydrogens (tertiary/aromatic N) is 5. The van der Waals surface area contributed by atoms with Crippen LogP contribution in [-0.4, -0.2) is 44.0 Å². The number of carbonyl (C=O) groups excluding carboxylic acids is 2. The highest BCUT2D eigenvalue weighted by molar-refractivity contribution is 6.19. The molecular weight excluding hydrogens is 453 g/mol. The van der Waals surface area contributed by atoms with Gasteiger partial charge in [-0.05, 0) is 51.1 Å². The van der Waals surface area contributed by atoms with Crippen LogP contribution in [0.2, 0.25) is 0 Å². The SMILES string of the molecule is C=CCOc1ccc(F)cc1C(=O)N(C(=O)OC(C)(C)C)c1cccc(-c2nncn2CC=C)n1. The fourth-order valence-electron chi connectivity index (χ4n) is 3.05. The number of allylic oxidation sites excluding steroid dienone is 1. The summed E-state index contributed by atoms with van der Waals surface area (Å²) in [6.45, 7) is 12.8. The van der Waals surface area contributed by atoms with Crippen molar-refractivity contribution in [1.29, 1.82) is 0 Å². The molecule has 10 heteroatoms. The van der Waals surface area contributed by atoms with Crippen LogP contribution in [0.5, 0.6) is 5.75 Å². The van der Waals surface area contributed by atoms with Crippen molar-refractivity contribution in [2.75, 3.05) is 11.5 Å². The number of carbonyl (C=O) groups is 2. The minimum absolute atomic E-state index is 0.0474. The van der Waals surface area contributed by atoms with Crippen molar-refractivity contribution in [3.8, 4) is 17.3 Å². The summed E-state index contributed by atoms with van der Waals surface area (Å²) in [6, 6.07) is 8.17. The lowest BCUT2D eigenvalue weighted by molar-refractivity contribution is 0.0562. The van der Waals surface area contributed by atoms with E-state index < -0.39 is 23.4 Å². The van der Waals surface area contributed by atoms with E-state index in [4.69, 9.17) is 9.47 Å². The molecule has 0 saturated heterocycles. The lowest BCUT2D eigenvalue weighted by atomic mass is 10.1. The van der Waals surface area contributed by atoms with Gasteiger partial charge >= 0.3 is 6.09 Å². The summed E-state index contributed by atoms with van der Waals surface area (Å²) in [5.41, 5.74) is -0.744. The number of hydrogen-bond acceptors (Lipinski definition) is 7. The molecule has 2 aromatic heterocycles. The topological polar surface area (TPSA) is 99.4 Å². The maximum absolute atomic E-state index is 14.1. The Morgan fingerprint density at radius 1 is 1.17 bits per heavy atom. The van der Waals surface area contributed by atoms with Gasteiger partial charge in [-0.2, -0.15) is 4.90 Å². The van der Waals surface area contributed by atoms with Crippen LogP contribution in [0.1, 0.15) is 31.1 Å². The van der Waals surface area contributed by atoms with E-state index >= 15 is 0 Å². The molecule has 35 heavy (non-hydrogen) atoms. The Balaban J connectivity index is 2.12. The van der Waals surface area contributed by atoms with Crippen molar-refractivity contribution >= 4 is 17.8 Å². The van der Waals surface area contributed by atoms with Crippen molar-refractivity contribution in [2.24, 2.45) is 0 Å². The van der Waals surface area contributed by atoms with Gasteiger partial charge in [-0.25, -0.2) is 14.2 Å². The van der Waals surface area contributed by atoms with E-state index in [1.165, 1.54) is 24.5 Å². The van der Waals surface area contributed by atoms with E-state index in [0.29, 0.717) is 18.1 Å². The zero-order chi connectivity index (χ0) is 25.6. The maximum Gasteiger partial charge on any atom is 0.423 e. The number of amides is 2. The first-order valence-corrected chi connectivity index (χ1v) is 10.7. The van der Waals surface area contributed by atoms with Crippen LogP contribution >= 0.6 is 0 Å². The average Bonchev–Trinajstić information content (AvgIpc) is 3.26. The van der Waals surface area contributed by atoms with E-state index in [9.17, 15) is 14.0 Å². The molecule has 0 saturated carbocycles. The van der Waals surface area contributed by atoms with Gasteiger partial charge in [-0.1, -0.05) is 24.8 Å². The molecule has 0 unspecified atom stereocenters. The smallest absolute Gasteiger partial charge is 0.423 e.